The molecule has 0 amide bonds. The molecule has 0 aromatic rings. The molecule has 0 bridgehead atoms. The number of Topliss-reactive ketones (excluding diaryl/α,β-unsaturated/α-hetero) is 2. The van der Waals surface area contributed by atoms with Crippen LogP contribution in [0.4, 0.5) is 0 Å². The van der Waals surface area contributed by atoms with Crippen LogP contribution in [0.2, 0.25) is 0 Å². The Morgan fingerprint density at radius 3 is 1.65 bits per heavy atom. The highest BCUT2D eigenvalue weighted by atomic mass is 16.5. The highest BCUT2D eigenvalue weighted by molar-refractivity contribution is 5.96. The number of hydrogen-bond acceptors (Lipinski definition) is 7. The quantitative estimate of drug-likeness (QED) is 0.216. The van der Waals surface area contributed by atoms with E-state index in [2.05, 4.69) is 33.8 Å². The van der Waals surface area contributed by atoms with E-state index in [0.29, 0.717) is 48.1 Å². The van der Waals surface area contributed by atoms with Gasteiger partial charge in [0.05, 0.1) is 0 Å². The van der Waals surface area contributed by atoms with Crippen LogP contribution >= 0.6 is 0 Å². The number of allylic oxidation sites excluding steroid dienone is 2. The predicted octanol–water partition coefficient (Wildman–Crippen LogP) is 8.08. The molecule has 0 aliphatic heterocycles. The average Bonchev–Trinajstić information content (AvgIpc) is 3.52. The molecule has 49 heavy (non-hydrogen) atoms. The fourth-order valence-electron chi connectivity index (χ4n) is 13.2. The largest absolute Gasteiger partial charge is 0.462 e. The Morgan fingerprint density at radius 1 is 0.612 bits per heavy atom. The maximum absolute atomic E-state index is 13.1. The smallest absolute Gasteiger partial charge is 0.302 e. The van der Waals surface area contributed by atoms with Gasteiger partial charge in [0.15, 0.2) is 5.78 Å². The minimum atomic E-state index is -0.284. The van der Waals surface area contributed by atoms with Crippen LogP contribution in [-0.2, 0) is 33.4 Å². The predicted molar refractivity (Wildman–Crippen MR) is 185 cm³/mol. The Kier molecular flexibility index (Phi) is 8.74. The van der Waals surface area contributed by atoms with Crippen molar-refractivity contribution in [1.29, 1.82) is 0 Å². The highest BCUT2D eigenvalue weighted by Gasteiger charge is 2.61. The van der Waals surface area contributed by atoms with Crippen LogP contribution in [0.5, 0.6) is 0 Å². The van der Waals surface area contributed by atoms with Gasteiger partial charge < -0.3 is 9.47 Å². The highest BCUT2D eigenvalue weighted by Crippen LogP contribution is 2.65. The molecule has 12 atom stereocenters. The number of hydrogen-bond donors (Lipinski definition) is 0. The van der Waals surface area contributed by atoms with Gasteiger partial charge in [-0.1, -0.05) is 44.9 Å². The van der Waals surface area contributed by atoms with Gasteiger partial charge in [-0.25, -0.2) is 0 Å². The standard InChI is InChI=1S/C21H28O4.C21H30O3/c1-12(22)25-14-6-8-20(2)13(10-14)11-17(23)19-15-4-5-18(24)21(15,3)9-7-16(19)20;1-13(22)24-15-8-10-20(2)14(12-15)4-5-16-17-6-7-19(23)21(17,3)11-9-18(16)20/h11,14-16,19H,4-10H2,1-3H3;4,15-18H,5-12H2,1-3H3/t14-,15?,16?,19?,20-,21-;15-,16?,17?,18?,20-,21-/m00/s1. The lowest BCUT2D eigenvalue weighted by Gasteiger charge is -2.56. The van der Waals surface area contributed by atoms with Crippen molar-refractivity contribution in [1.82, 2.24) is 0 Å². The molecule has 7 heteroatoms. The van der Waals surface area contributed by atoms with Crippen molar-refractivity contribution in [3.05, 3.63) is 23.3 Å². The number of carbonyl (C=O) groups is 5. The monoisotopic (exact) mass is 674 g/mol. The molecule has 0 aromatic carbocycles. The molecule has 0 heterocycles. The molecule has 7 nitrogen and oxygen atoms in total. The zero-order valence-corrected chi connectivity index (χ0v) is 30.7. The third-order valence-corrected chi connectivity index (χ3v) is 16.0. The van der Waals surface area contributed by atoms with E-state index in [1.54, 1.807) is 0 Å². The van der Waals surface area contributed by atoms with Crippen LogP contribution in [-0.4, -0.2) is 41.5 Å². The van der Waals surface area contributed by atoms with Crippen molar-refractivity contribution in [3.8, 4) is 0 Å². The maximum atomic E-state index is 13.1. The van der Waals surface area contributed by atoms with Crippen molar-refractivity contribution in [3.63, 3.8) is 0 Å². The minimum absolute atomic E-state index is 0.00391. The van der Waals surface area contributed by atoms with E-state index in [-0.39, 0.29) is 63.4 Å². The van der Waals surface area contributed by atoms with E-state index in [0.717, 1.165) is 77.0 Å². The molecule has 0 aromatic heterocycles. The summed E-state index contributed by atoms with van der Waals surface area (Å²) in [6.45, 7) is 12.0. The Morgan fingerprint density at radius 2 is 1.06 bits per heavy atom. The fourth-order valence-corrected chi connectivity index (χ4v) is 13.2. The fraction of sp³-hybridized carbons (Fsp3) is 0.786. The second-order valence-electron chi connectivity index (χ2n) is 18.3. The SMILES string of the molecule is CC(=O)O[C@H]1CC[C@@]2(C)C(=CC(=O)C3C2CC[C@]2(C)C(=O)CCC32)C1.CC(=O)O[C@H]1CC[C@@]2(C)C(=CCC3C2CC[C@]2(C)C(=O)CCC32)C1. The number of carbonyl (C=O) groups excluding carboxylic acids is 5. The number of fused-ring (bicyclic) bond motifs is 10. The van der Waals surface area contributed by atoms with E-state index < -0.39 is 0 Å². The van der Waals surface area contributed by atoms with Gasteiger partial charge in [0.2, 0.25) is 0 Å². The van der Waals surface area contributed by atoms with Gasteiger partial charge in [0.1, 0.15) is 23.8 Å². The summed E-state index contributed by atoms with van der Waals surface area (Å²) in [4.78, 5) is 60.5. The number of ketones is 3. The molecular formula is C42H58O7. The van der Waals surface area contributed by atoms with Crippen LogP contribution in [0.3, 0.4) is 0 Å². The Balaban J connectivity index is 0.000000154. The lowest BCUT2D eigenvalue weighted by atomic mass is 9.48. The zero-order valence-electron chi connectivity index (χ0n) is 30.7. The van der Waals surface area contributed by atoms with E-state index in [1.165, 1.54) is 31.4 Å². The first-order chi connectivity index (χ1) is 23.1. The van der Waals surface area contributed by atoms with Crippen molar-refractivity contribution in [2.24, 2.45) is 57.2 Å². The van der Waals surface area contributed by atoms with E-state index in [1.807, 2.05) is 6.08 Å². The lowest BCUT2D eigenvalue weighted by Crippen LogP contribution is -2.53. The van der Waals surface area contributed by atoms with Gasteiger partial charge in [-0.05, 0) is 117 Å². The van der Waals surface area contributed by atoms with Crippen molar-refractivity contribution in [2.75, 3.05) is 0 Å². The summed E-state index contributed by atoms with van der Waals surface area (Å²) in [7, 11) is 0. The summed E-state index contributed by atoms with van der Waals surface area (Å²) in [5.74, 6) is 3.22. The Hall–Kier alpha value is -2.57. The van der Waals surface area contributed by atoms with E-state index in [9.17, 15) is 24.0 Å². The van der Waals surface area contributed by atoms with Gasteiger partial charge in [-0.2, -0.15) is 0 Å². The molecule has 8 aliphatic carbocycles. The molecule has 0 saturated heterocycles. The molecule has 6 saturated carbocycles. The molecule has 0 radical (unpaired) electrons. The molecule has 0 N–H and O–H groups in total. The van der Waals surface area contributed by atoms with Gasteiger partial charge in [0, 0.05) is 56.3 Å². The maximum Gasteiger partial charge on any atom is 0.302 e. The van der Waals surface area contributed by atoms with Gasteiger partial charge >= 0.3 is 11.9 Å². The van der Waals surface area contributed by atoms with E-state index in [4.69, 9.17) is 9.47 Å². The van der Waals surface area contributed by atoms with Crippen molar-refractivity contribution < 1.29 is 33.4 Å². The number of ether oxygens (including phenoxy) is 2. The Labute approximate surface area is 292 Å². The lowest BCUT2D eigenvalue weighted by molar-refractivity contribution is -0.150. The summed E-state index contributed by atoms with van der Waals surface area (Å²) < 4.78 is 10.9. The van der Waals surface area contributed by atoms with Crippen LogP contribution in [0.15, 0.2) is 23.3 Å². The second-order valence-corrected chi connectivity index (χ2v) is 18.3. The van der Waals surface area contributed by atoms with Gasteiger partial charge in [-0.3, -0.25) is 24.0 Å². The molecule has 6 unspecified atom stereocenters. The summed E-state index contributed by atoms with van der Waals surface area (Å²) >= 11 is 0. The number of esters is 2. The van der Waals surface area contributed by atoms with Gasteiger partial charge in [-0.15, -0.1) is 0 Å². The first-order valence-electron chi connectivity index (χ1n) is 19.5. The summed E-state index contributed by atoms with van der Waals surface area (Å²) in [6, 6.07) is 0. The van der Waals surface area contributed by atoms with E-state index >= 15 is 0 Å². The van der Waals surface area contributed by atoms with Crippen molar-refractivity contribution in [2.45, 2.75) is 150 Å². The topological polar surface area (TPSA) is 104 Å². The summed E-state index contributed by atoms with van der Waals surface area (Å²) in [6.07, 6.45) is 18.5. The second kappa shape index (κ2) is 12.3. The molecule has 8 aliphatic rings. The molecule has 8 rings (SSSR count). The first-order valence-corrected chi connectivity index (χ1v) is 19.5. The Bertz CT molecular complexity index is 1510. The summed E-state index contributed by atoms with van der Waals surface area (Å²) in [5, 5.41) is 0. The van der Waals surface area contributed by atoms with Crippen LogP contribution in [0, 0.1) is 57.2 Å². The first kappa shape index (κ1) is 34.9. The molecule has 268 valence electrons. The van der Waals surface area contributed by atoms with Crippen molar-refractivity contribution >= 4 is 29.3 Å². The van der Waals surface area contributed by atoms with Crippen LogP contribution in [0.1, 0.15) is 138 Å². The summed E-state index contributed by atoms with van der Waals surface area (Å²) in [5.41, 5.74) is 2.64. The zero-order chi connectivity index (χ0) is 35.1. The third-order valence-electron chi connectivity index (χ3n) is 16.0. The molecular weight excluding hydrogens is 616 g/mol. The average molecular weight is 675 g/mol. The van der Waals surface area contributed by atoms with Gasteiger partial charge in [0.25, 0.3) is 0 Å². The molecule has 6 fully saturated rings. The molecule has 0 spiro atoms. The number of rotatable bonds is 2. The minimum Gasteiger partial charge on any atom is -0.462 e. The normalized spacial score (nSPS) is 46.6. The van der Waals surface area contributed by atoms with Crippen LogP contribution in [0.25, 0.3) is 0 Å². The third kappa shape index (κ3) is 5.53. The van der Waals surface area contributed by atoms with Crippen LogP contribution < -0.4 is 0 Å².